The van der Waals surface area contributed by atoms with Crippen molar-refractivity contribution < 1.29 is 9.57 Å². The Bertz CT molecular complexity index is 533. The summed E-state index contributed by atoms with van der Waals surface area (Å²) >= 11 is 0. The number of nitrogen functional groups attached to an aromatic ring is 1. The van der Waals surface area contributed by atoms with E-state index >= 15 is 0 Å². The van der Waals surface area contributed by atoms with Crippen molar-refractivity contribution in [2.24, 2.45) is 0 Å². The largest absolute Gasteiger partial charge is 0.481 e. The quantitative estimate of drug-likeness (QED) is 0.824. The molecule has 0 aliphatic rings. The first-order valence-electron chi connectivity index (χ1n) is 5.77. The van der Waals surface area contributed by atoms with E-state index in [0.29, 0.717) is 24.2 Å². The van der Waals surface area contributed by atoms with Gasteiger partial charge in [-0.1, -0.05) is 30.3 Å². The van der Waals surface area contributed by atoms with Gasteiger partial charge in [0.15, 0.2) is 0 Å². The van der Waals surface area contributed by atoms with E-state index < -0.39 is 0 Å². The first kappa shape index (κ1) is 13.1. The number of hydrogen-bond donors (Lipinski definition) is 1. The molecule has 0 saturated heterocycles. The van der Waals surface area contributed by atoms with Gasteiger partial charge in [0.25, 0.3) is 5.95 Å². The number of hydroxylamine groups is 1. The Kier molecular flexibility index (Phi) is 4.15. The summed E-state index contributed by atoms with van der Waals surface area (Å²) in [6.45, 7) is 0.518. The maximum Gasteiger partial charge on any atom is 0.255 e. The molecule has 0 unspecified atom stereocenters. The fourth-order valence-corrected chi connectivity index (χ4v) is 1.61. The van der Waals surface area contributed by atoms with Gasteiger partial charge in [-0.25, -0.2) is 5.06 Å². The van der Waals surface area contributed by atoms with Crippen LogP contribution in [0.5, 0.6) is 5.88 Å². The van der Waals surface area contributed by atoms with Gasteiger partial charge in [-0.2, -0.15) is 9.97 Å². The molecule has 0 aliphatic heterocycles. The van der Waals surface area contributed by atoms with Gasteiger partial charge in [0.2, 0.25) is 5.88 Å². The van der Waals surface area contributed by atoms with Gasteiger partial charge in [-0.05, 0) is 5.56 Å². The van der Waals surface area contributed by atoms with Crippen LogP contribution >= 0.6 is 0 Å². The highest BCUT2D eigenvalue weighted by Gasteiger charge is 2.12. The lowest BCUT2D eigenvalue weighted by atomic mass is 10.2. The normalized spacial score (nSPS) is 10.2. The van der Waals surface area contributed by atoms with E-state index in [9.17, 15) is 0 Å². The Morgan fingerprint density at radius 1 is 1.16 bits per heavy atom. The summed E-state index contributed by atoms with van der Waals surface area (Å²) in [5.41, 5.74) is 6.79. The standard InChI is InChI=1S/C13H16N4O2/c1-18-12-8-11(14)15-13(16-12)17(19-2)9-10-6-4-3-5-7-10/h3-8H,9H2,1-2H3,(H2,14,15,16). The third-order valence-electron chi connectivity index (χ3n) is 2.53. The maximum atomic E-state index is 5.71. The van der Waals surface area contributed by atoms with Crippen molar-refractivity contribution >= 4 is 11.8 Å². The minimum Gasteiger partial charge on any atom is -0.481 e. The van der Waals surface area contributed by atoms with E-state index in [2.05, 4.69) is 9.97 Å². The van der Waals surface area contributed by atoms with Gasteiger partial charge in [-0.3, -0.25) is 4.84 Å². The molecule has 1 aromatic heterocycles. The van der Waals surface area contributed by atoms with Gasteiger partial charge >= 0.3 is 0 Å². The smallest absolute Gasteiger partial charge is 0.255 e. The molecule has 2 aromatic rings. The molecule has 0 amide bonds. The predicted octanol–water partition coefficient (Wildman–Crippen LogP) is 1.64. The van der Waals surface area contributed by atoms with Crippen LogP contribution in [0.2, 0.25) is 0 Å². The first-order chi connectivity index (χ1) is 9.22. The minimum absolute atomic E-state index is 0.331. The fourth-order valence-electron chi connectivity index (χ4n) is 1.61. The minimum atomic E-state index is 0.331. The average molecular weight is 260 g/mol. The molecular weight excluding hydrogens is 244 g/mol. The Morgan fingerprint density at radius 2 is 1.89 bits per heavy atom. The number of anilines is 2. The van der Waals surface area contributed by atoms with Crippen LogP contribution in [0.1, 0.15) is 5.56 Å². The second-order valence-electron chi connectivity index (χ2n) is 3.84. The molecule has 1 aromatic carbocycles. The van der Waals surface area contributed by atoms with Crippen LogP contribution in [0.15, 0.2) is 36.4 Å². The van der Waals surface area contributed by atoms with Crippen LogP contribution in [0.25, 0.3) is 0 Å². The number of nitrogens with zero attached hydrogens (tertiary/aromatic N) is 3. The molecule has 2 rings (SSSR count). The molecule has 19 heavy (non-hydrogen) atoms. The molecule has 6 heteroatoms. The Hall–Kier alpha value is -2.34. The molecule has 6 nitrogen and oxygen atoms in total. The summed E-state index contributed by atoms with van der Waals surface area (Å²) in [4.78, 5) is 13.6. The SMILES string of the molecule is COc1cc(N)nc(N(Cc2ccccc2)OC)n1. The highest BCUT2D eigenvalue weighted by Crippen LogP contribution is 2.18. The molecule has 2 N–H and O–H groups in total. The molecular formula is C13H16N4O2. The summed E-state index contributed by atoms with van der Waals surface area (Å²) in [5, 5.41) is 1.55. The van der Waals surface area contributed by atoms with Gasteiger partial charge in [0, 0.05) is 6.07 Å². The molecule has 1 heterocycles. The lowest BCUT2D eigenvalue weighted by Crippen LogP contribution is -2.23. The van der Waals surface area contributed by atoms with Crippen LogP contribution in [0.3, 0.4) is 0 Å². The number of ether oxygens (including phenoxy) is 1. The second-order valence-corrected chi connectivity index (χ2v) is 3.84. The number of benzene rings is 1. The lowest BCUT2D eigenvalue weighted by Gasteiger charge is -2.20. The molecule has 0 aliphatic carbocycles. The van der Waals surface area contributed by atoms with Crippen LogP contribution in [-0.2, 0) is 11.4 Å². The predicted molar refractivity (Wildman–Crippen MR) is 72.6 cm³/mol. The van der Waals surface area contributed by atoms with Crippen molar-refractivity contribution in [2.75, 3.05) is 25.0 Å². The molecule has 0 radical (unpaired) electrons. The third-order valence-corrected chi connectivity index (χ3v) is 2.53. The number of rotatable bonds is 5. The zero-order valence-electron chi connectivity index (χ0n) is 10.9. The zero-order valence-corrected chi connectivity index (χ0v) is 10.9. The van der Waals surface area contributed by atoms with E-state index in [4.69, 9.17) is 15.3 Å². The zero-order chi connectivity index (χ0) is 13.7. The van der Waals surface area contributed by atoms with Crippen LogP contribution in [0.4, 0.5) is 11.8 Å². The molecule has 0 bridgehead atoms. The van der Waals surface area contributed by atoms with E-state index in [-0.39, 0.29) is 0 Å². The van der Waals surface area contributed by atoms with Gasteiger partial charge < -0.3 is 10.5 Å². The van der Waals surface area contributed by atoms with Crippen molar-refractivity contribution in [3.05, 3.63) is 42.0 Å². The molecule has 0 atom stereocenters. The Labute approximate surface area is 111 Å². The van der Waals surface area contributed by atoms with Crippen molar-refractivity contribution in [1.29, 1.82) is 0 Å². The summed E-state index contributed by atoms with van der Waals surface area (Å²) in [6, 6.07) is 11.4. The van der Waals surface area contributed by atoms with Gasteiger partial charge in [0.05, 0.1) is 20.8 Å². The topological polar surface area (TPSA) is 73.5 Å². The maximum absolute atomic E-state index is 5.71. The molecule has 100 valence electrons. The Balaban J connectivity index is 2.24. The number of nitrogens with two attached hydrogens (primary N) is 1. The number of aromatic nitrogens is 2. The van der Waals surface area contributed by atoms with E-state index in [1.54, 1.807) is 18.2 Å². The van der Waals surface area contributed by atoms with Crippen LogP contribution in [-0.4, -0.2) is 24.2 Å². The molecule has 0 fully saturated rings. The van der Waals surface area contributed by atoms with Gasteiger partial charge in [-0.15, -0.1) is 0 Å². The van der Waals surface area contributed by atoms with E-state index in [1.807, 2.05) is 30.3 Å². The third kappa shape index (κ3) is 3.32. The fraction of sp³-hybridized carbons (Fsp3) is 0.231. The number of hydrogen-bond acceptors (Lipinski definition) is 6. The molecule has 0 saturated carbocycles. The summed E-state index contributed by atoms with van der Waals surface area (Å²) in [7, 11) is 3.09. The van der Waals surface area contributed by atoms with Crippen molar-refractivity contribution in [2.45, 2.75) is 6.54 Å². The first-order valence-corrected chi connectivity index (χ1v) is 5.77. The van der Waals surface area contributed by atoms with Crippen molar-refractivity contribution in [3.63, 3.8) is 0 Å². The summed E-state index contributed by atoms with van der Waals surface area (Å²) in [5.74, 6) is 1.10. The lowest BCUT2D eigenvalue weighted by molar-refractivity contribution is 0.157. The monoisotopic (exact) mass is 260 g/mol. The Morgan fingerprint density at radius 3 is 2.53 bits per heavy atom. The average Bonchev–Trinajstić information content (AvgIpc) is 2.45. The second kappa shape index (κ2) is 6.01. The van der Waals surface area contributed by atoms with Crippen molar-refractivity contribution in [3.8, 4) is 5.88 Å². The number of methoxy groups -OCH3 is 1. The van der Waals surface area contributed by atoms with Crippen LogP contribution < -0.4 is 15.5 Å². The highest BCUT2D eigenvalue weighted by atomic mass is 16.7. The van der Waals surface area contributed by atoms with Crippen LogP contribution in [0, 0.1) is 0 Å². The summed E-state index contributed by atoms with van der Waals surface area (Å²) < 4.78 is 5.07. The van der Waals surface area contributed by atoms with Crippen molar-refractivity contribution in [1.82, 2.24) is 9.97 Å². The highest BCUT2D eigenvalue weighted by molar-refractivity contribution is 5.41. The van der Waals surface area contributed by atoms with E-state index in [1.165, 1.54) is 7.11 Å². The molecule has 0 spiro atoms. The van der Waals surface area contributed by atoms with Gasteiger partial charge in [0.1, 0.15) is 5.82 Å². The van der Waals surface area contributed by atoms with E-state index in [0.717, 1.165) is 5.56 Å². The summed E-state index contributed by atoms with van der Waals surface area (Å²) in [6.07, 6.45) is 0.